The van der Waals surface area contributed by atoms with Crippen LogP contribution in [-0.2, 0) is 7.05 Å². The molecule has 2 rings (SSSR count). The fraction of sp³-hybridized carbons (Fsp3) is 0.273. The lowest BCUT2D eigenvalue weighted by molar-refractivity contribution is 0.205. The zero-order valence-corrected chi connectivity index (χ0v) is 9.16. The first-order chi connectivity index (χ1) is 7.72. The Labute approximate surface area is 93.3 Å². The summed E-state index contributed by atoms with van der Waals surface area (Å²) in [6.07, 6.45) is 5.83. The summed E-state index contributed by atoms with van der Waals surface area (Å²) in [6.45, 7) is 0. The minimum atomic E-state index is -0.789. The van der Waals surface area contributed by atoms with Crippen LogP contribution < -0.4 is 4.74 Å². The van der Waals surface area contributed by atoms with E-state index in [1.165, 1.54) is 0 Å². The summed E-state index contributed by atoms with van der Waals surface area (Å²) in [5, 5.41) is 10.1. The Bertz CT molecular complexity index is 482. The van der Waals surface area contributed by atoms with Gasteiger partial charge in [0.15, 0.2) is 0 Å². The minimum absolute atomic E-state index is 0.579. The molecule has 0 aromatic carbocycles. The Morgan fingerprint density at radius 3 is 2.88 bits per heavy atom. The highest BCUT2D eigenvalue weighted by atomic mass is 16.5. The van der Waals surface area contributed by atoms with Crippen LogP contribution in [0.3, 0.4) is 0 Å². The SMILES string of the molecule is COc1cncc(C(O)c2nccn2C)c1. The molecule has 5 heteroatoms. The summed E-state index contributed by atoms with van der Waals surface area (Å²) in [5.74, 6) is 1.20. The van der Waals surface area contributed by atoms with Crippen LogP contribution in [0.25, 0.3) is 0 Å². The monoisotopic (exact) mass is 219 g/mol. The van der Waals surface area contributed by atoms with Crippen molar-refractivity contribution in [3.63, 3.8) is 0 Å². The van der Waals surface area contributed by atoms with E-state index in [-0.39, 0.29) is 0 Å². The molecule has 0 radical (unpaired) electrons. The van der Waals surface area contributed by atoms with E-state index >= 15 is 0 Å². The number of aliphatic hydroxyl groups is 1. The predicted molar refractivity (Wildman–Crippen MR) is 58.1 cm³/mol. The van der Waals surface area contributed by atoms with Gasteiger partial charge in [-0.2, -0.15) is 0 Å². The lowest BCUT2D eigenvalue weighted by Gasteiger charge is -2.11. The van der Waals surface area contributed by atoms with Crippen molar-refractivity contribution >= 4 is 0 Å². The molecule has 5 nitrogen and oxygen atoms in total. The van der Waals surface area contributed by atoms with E-state index in [0.29, 0.717) is 17.1 Å². The van der Waals surface area contributed by atoms with Crippen molar-refractivity contribution in [2.75, 3.05) is 7.11 Å². The second-order valence-corrected chi connectivity index (χ2v) is 3.46. The van der Waals surface area contributed by atoms with E-state index in [2.05, 4.69) is 9.97 Å². The molecule has 0 aliphatic rings. The van der Waals surface area contributed by atoms with E-state index in [0.717, 1.165) is 0 Å². The van der Waals surface area contributed by atoms with Gasteiger partial charge in [0.05, 0.1) is 13.3 Å². The average Bonchev–Trinajstić information content (AvgIpc) is 2.74. The summed E-state index contributed by atoms with van der Waals surface area (Å²) in [6, 6.07) is 1.74. The third-order valence-corrected chi connectivity index (χ3v) is 2.39. The third-order valence-electron chi connectivity index (χ3n) is 2.39. The minimum Gasteiger partial charge on any atom is -0.495 e. The highest BCUT2D eigenvalue weighted by molar-refractivity contribution is 5.28. The number of pyridine rings is 1. The van der Waals surface area contributed by atoms with Crippen molar-refractivity contribution in [1.82, 2.24) is 14.5 Å². The molecule has 0 amide bonds. The van der Waals surface area contributed by atoms with Gasteiger partial charge >= 0.3 is 0 Å². The summed E-state index contributed by atoms with van der Waals surface area (Å²) in [7, 11) is 3.40. The van der Waals surface area contributed by atoms with Crippen LogP contribution in [0.5, 0.6) is 5.75 Å². The van der Waals surface area contributed by atoms with E-state index in [9.17, 15) is 5.11 Å². The summed E-state index contributed by atoms with van der Waals surface area (Å²) in [4.78, 5) is 8.09. The summed E-state index contributed by atoms with van der Waals surface area (Å²) in [5.41, 5.74) is 0.661. The molecule has 0 bridgehead atoms. The third kappa shape index (κ3) is 1.90. The Kier molecular flexibility index (Phi) is 2.87. The fourth-order valence-corrected chi connectivity index (χ4v) is 1.49. The molecule has 16 heavy (non-hydrogen) atoms. The second kappa shape index (κ2) is 4.32. The maximum atomic E-state index is 10.1. The zero-order chi connectivity index (χ0) is 11.5. The van der Waals surface area contributed by atoms with Gasteiger partial charge in [0, 0.05) is 31.2 Å². The van der Waals surface area contributed by atoms with Crippen LogP contribution in [-0.4, -0.2) is 26.8 Å². The first kappa shape index (κ1) is 10.6. The lowest BCUT2D eigenvalue weighted by atomic mass is 10.1. The smallest absolute Gasteiger partial charge is 0.142 e. The number of hydrogen-bond donors (Lipinski definition) is 1. The van der Waals surface area contributed by atoms with Crippen LogP contribution in [0.2, 0.25) is 0 Å². The van der Waals surface area contributed by atoms with Crippen LogP contribution in [0.4, 0.5) is 0 Å². The number of methoxy groups -OCH3 is 1. The highest BCUT2D eigenvalue weighted by Gasteiger charge is 2.15. The molecule has 0 spiro atoms. The highest BCUT2D eigenvalue weighted by Crippen LogP contribution is 2.22. The molecular formula is C11H13N3O2. The number of aryl methyl sites for hydroxylation is 1. The zero-order valence-electron chi connectivity index (χ0n) is 9.16. The van der Waals surface area contributed by atoms with Gasteiger partial charge in [-0.25, -0.2) is 4.98 Å². The van der Waals surface area contributed by atoms with Crippen molar-refractivity contribution in [2.24, 2.45) is 7.05 Å². The van der Waals surface area contributed by atoms with Crippen molar-refractivity contribution in [1.29, 1.82) is 0 Å². The van der Waals surface area contributed by atoms with Gasteiger partial charge in [-0.3, -0.25) is 4.98 Å². The van der Waals surface area contributed by atoms with Gasteiger partial charge in [-0.15, -0.1) is 0 Å². The van der Waals surface area contributed by atoms with E-state index in [1.807, 2.05) is 7.05 Å². The fourth-order valence-electron chi connectivity index (χ4n) is 1.49. The van der Waals surface area contributed by atoms with Crippen LogP contribution in [0.15, 0.2) is 30.9 Å². The maximum absolute atomic E-state index is 10.1. The molecule has 2 heterocycles. The molecule has 0 saturated carbocycles. The Morgan fingerprint density at radius 2 is 2.25 bits per heavy atom. The largest absolute Gasteiger partial charge is 0.495 e. The van der Waals surface area contributed by atoms with Gasteiger partial charge in [0.2, 0.25) is 0 Å². The second-order valence-electron chi connectivity index (χ2n) is 3.46. The van der Waals surface area contributed by atoms with Gasteiger partial charge in [-0.1, -0.05) is 0 Å². The number of aliphatic hydroxyl groups excluding tert-OH is 1. The molecule has 84 valence electrons. The average molecular weight is 219 g/mol. The number of ether oxygens (including phenoxy) is 1. The Morgan fingerprint density at radius 1 is 1.44 bits per heavy atom. The maximum Gasteiger partial charge on any atom is 0.142 e. The Balaban J connectivity index is 2.33. The quantitative estimate of drug-likeness (QED) is 0.833. The summed E-state index contributed by atoms with van der Waals surface area (Å²) >= 11 is 0. The molecule has 0 saturated heterocycles. The number of aromatic nitrogens is 3. The Hall–Kier alpha value is -1.88. The van der Waals surface area contributed by atoms with Gasteiger partial charge in [0.25, 0.3) is 0 Å². The van der Waals surface area contributed by atoms with Gasteiger partial charge in [-0.05, 0) is 6.07 Å². The van der Waals surface area contributed by atoms with Crippen molar-refractivity contribution in [3.05, 3.63) is 42.2 Å². The first-order valence-electron chi connectivity index (χ1n) is 4.86. The van der Waals surface area contributed by atoms with Crippen molar-refractivity contribution < 1.29 is 9.84 Å². The van der Waals surface area contributed by atoms with Gasteiger partial charge < -0.3 is 14.4 Å². The molecular weight excluding hydrogens is 206 g/mol. The molecule has 1 N–H and O–H groups in total. The topological polar surface area (TPSA) is 60.2 Å². The molecule has 1 unspecified atom stereocenters. The normalized spacial score (nSPS) is 12.4. The number of nitrogens with zero attached hydrogens (tertiary/aromatic N) is 3. The van der Waals surface area contributed by atoms with Crippen molar-refractivity contribution in [3.8, 4) is 5.75 Å². The molecule has 0 aliphatic heterocycles. The molecule has 1 atom stereocenters. The van der Waals surface area contributed by atoms with Gasteiger partial charge in [0.1, 0.15) is 17.7 Å². The van der Waals surface area contributed by atoms with E-state index < -0.39 is 6.10 Å². The predicted octanol–water partition coefficient (Wildman–Crippen LogP) is 0.905. The molecule has 0 aliphatic carbocycles. The standard InChI is InChI=1S/C11H13N3O2/c1-14-4-3-13-11(14)10(15)8-5-9(16-2)7-12-6-8/h3-7,10,15H,1-2H3. The van der Waals surface area contributed by atoms with E-state index in [1.54, 1.807) is 42.5 Å². The van der Waals surface area contributed by atoms with Crippen LogP contribution >= 0.6 is 0 Å². The molecule has 2 aromatic rings. The molecule has 2 aromatic heterocycles. The molecule has 0 fully saturated rings. The summed E-state index contributed by atoms with van der Waals surface area (Å²) < 4.78 is 6.82. The number of hydrogen-bond acceptors (Lipinski definition) is 4. The van der Waals surface area contributed by atoms with Crippen molar-refractivity contribution in [2.45, 2.75) is 6.10 Å². The lowest BCUT2D eigenvalue weighted by Crippen LogP contribution is -2.07. The number of rotatable bonds is 3. The van der Waals surface area contributed by atoms with Crippen LogP contribution in [0.1, 0.15) is 17.5 Å². The van der Waals surface area contributed by atoms with Crippen LogP contribution in [0, 0.1) is 0 Å². The number of imidazole rings is 1. The van der Waals surface area contributed by atoms with E-state index in [4.69, 9.17) is 4.74 Å². The first-order valence-corrected chi connectivity index (χ1v) is 4.86.